The highest BCUT2D eigenvalue weighted by molar-refractivity contribution is 7.18. The SMILES string of the molecule is Cc1cccc2nc([C@@H]3c4nc[nH]c4CCN3C(=O)c3cnco3)sc12. The molecule has 0 radical (unpaired) electrons. The Bertz CT molecular complexity index is 1100. The van der Waals surface area contributed by atoms with E-state index in [0.717, 1.165) is 33.0 Å². The summed E-state index contributed by atoms with van der Waals surface area (Å²) >= 11 is 1.61. The van der Waals surface area contributed by atoms with Gasteiger partial charge in [-0.2, -0.15) is 0 Å². The molecule has 1 atom stereocenters. The van der Waals surface area contributed by atoms with Crippen molar-refractivity contribution in [2.75, 3.05) is 6.54 Å². The molecular weight excluding hydrogens is 350 g/mol. The molecule has 0 bridgehead atoms. The Labute approximate surface area is 152 Å². The van der Waals surface area contributed by atoms with Crippen molar-refractivity contribution in [3.05, 3.63) is 64.8 Å². The van der Waals surface area contributed by atoms with Gasteiger partial charge in [-0.15, -0.1) is 11.3 Å². The number of nitrogens with one attached hydrogen (secondary N) is 1. The fourth-order valence-corrected chi connectivity index (χ4v) is 4.58. The van der Waals surface area contributed by atoms with Crippen molar-refractivity contribution in [3.8, 4) is 0 Å². The summed E-state index contributed by atoms with van der Waals surface area (Å²) in [6, 6.07) is 5.74. The van der Waals surface area contributed by atoms with Crippen LogP contribution in [0.4, 0.5) is 0 Å². The van der Waals surface area contributed by atoms with Gasteiger partial charge < -0.3 is 14.3 Å². The number of thiazole rings is 1. The first kappa shape index (κ1) is 15.3. The smallest absolute Gasteiger partial charge is 0.292 e. The molecule has 1 aliphatic heterocycles. The van der Waals surface area contributed by atoms with E-state index in [-0.39, 0.29) is 17.7 Å². The minimum Gasteiger partial charge on any atom is -0.438 e. The van der Waals surface area contributed by atoms with E-state index < -0.39 is 0 Å². The van der Waals surface area contributed by atoms with Crippen LogP contribution in [-0.4, -0.2) is 37.3 Å². The summed E-state index contributed by atoms with van der Waals surface area (Å²) in [6.45, 7) is 2.64. The lowest BCUT2D eigenvalue weighted by molar-refractivity contribution is 0.0658. The Morgan fingerprint density at radius 1 is 1.42 bits per heavy atom. The number of rotatable bonds is 2. The Balaban J connectivity index is 1.66. The highest BCUT2D eigenvalue weighted by atomic mass is 32.1. The summed E-state index contributed by atoms with van der Waals surface area (Å²) in [7, 11) is 0. The number of carbonyl (C=O) groups is 1. The number of imidazole rings is 1. The first-order valence-corrected chi connectivity index (χ1v) is 9.11. The van der Waals surface area contributed by atoms with Gasteiger partial charge >= 0.3 is 0 Å². The molecule has 1 N–H and O–H groups in total. The highest BCUT2D eigenvalue weighted by Crippen LogP contribution is 2.38. The third-order valence-electron chi connectivity index (χ3n) is 4.69. The molecule has 1 aliphatic rings. The summed E-state index contributed by atoms with van der Waals surface area (Å²) < 4.78 is 6.37. The maximum absolute atomic E-state index is 13.0. The van der Waals surface area contributed by atoms with Crippen LogP contribution in [0.5, 0.6) is 0 Å². The van der Waals surface area contributed by atoms with Crippen LogP contribution in [0.2, 0.25) is 0 Å². The second-order valence-corrected chi connectivity index (χ2v) is 7.29. The molecule has 4 aromatic rings. The largest absolute Gasteiger partial charge is 0.438 e. The Morgan fingerprint density at radius 3 is 3.15 bits per heavy atom. The second-order valence-electron chi connectivity index (χ2n) is 6.26. The summed E-state index contributed by atoms with van der Waals surface area (Å²) in [4.78, 5) is 31.1. The van der Waals surface area contributed by atoms with Crippen LogP contribution in [0.15, 0.2) is 41.5 Å². The molecule has 7 nitrogen and oxygen atoms in total. The number of amides is 1. The van der Waals surface area contributed by atoms with Gasteiger partial charge in [0.2, 0.25) is 5.76 Å². The fraction of sp³-hybridized carbons (Fsp3) is 0.222. The molecule has 0 unspecified atom stereocenters. The van der Waals surface area contributed by atoms with E-state index in [9.17, 15) is 4.79 Å². The maximum Gasteiger partial charge on any atom is 0.292 e. The first-order valence-electron chi connectivity index (χ1n) is 8.30. The third kappa shape index (κ3) is 2.26. The van der Waals surface area contributed by atoms with E-state index in [0.29, 0.717) is 6.54 Å². The average molecular weight is 365 g/mol. The zero-order chi connectivity index (χ0) is 17.7. The molecule has 3 aromatic heterocycles. The summed E-state index contributed by atoms with van der Waals surface area (Å²) in [5, 5.41) is 0.857. The molecule has 4 heterocycles. The van der Waals surface area contributed by atoms with E-state index in [1.807, 2.05) is 12.1 Å². The number of hydrogen-bond donors (Lipinski definition) is 1. The van der Waals surface area contributed by atoms with Gasteiger partial charge in [-0.3, -0.25) is 4.79 Å². The van der Waals surface area contributed by atoms with Crippen molar-refractivity contribution in [2.24, 2.45) is 0 Å². The third-order valence-corrected chi connectivity index (χ3v) is 5.95. The van der Waals surface area contributed by atoms with Crippen molar-refractivity contribution in [1.29, 1.82) is 0 Å². The van der Waals surface area contributed by atoms with Gasteiger partial charge in [0.15, 0.2) is 6.39 Å². The number of aryl methyl sites for hydroxylation is 1. The molecule has 0 saturated carbocycles. The number of fused-ring (bicyclic) bond motifs is 2. The van der Waals surface area contributed by atoms with E-state index in [2.05, 4.69) is 27.9 Å². The van der Waals surface area contributed by atoms with Gasteiger partial charge in [0, 0.05) is 18.7 Å². The number of benzene rings is 1. The Hall–Kier alpha value is -3.00. The van der Waals surface area contributed by atoms with Crippen molar-refractivity contribution in [1.82, 2.24) is 24.8 Å². The topological polar surface area (TPSA) is 87.9 Å². The summed E-state index contributed by atoms with van der Waals surface area (Å²) in [5.41, 5.74) is 4.02. The molecule has 0 fully saturated rings. The number of hydrogen-bond acceptors (Lipinski definition) is 6. The number of aromatic amines is 1. The second kappa shape index (κ2) is 5.77. The molecule has 0 saturated heterocycles. The van der Waals surface area contributed by atoms with Gasteiger partial charge in [-0.25, -0.2) is 15.0 Å². The summed E-state index contributed by atoms with van der Waals surface area (Å²) in [5.74, 6) is 0.0309. The molecule has 26 heavy (non-hydrogen) atoms. The summed E-state index contributed by atoms with van der Waals surface area (Å²) in [6.07, 6.45) is 5.11. The van der Waals surface area contributed by atoms with Gasteiger partial charge in [-0.05, 0) is 18.6 Å². The fourth-order valence-electron chi connectivity index (χ4n) is 3.43. The molecule has 5 rings (SSSR count). The van der Waals surface area contributed by atoms with E-state index in [1.165, 1.54) is 18.2 Å². The molecule has 8 heteroatoms. The van der Waals surface area contributed by atoms with Crippen molar-refractivity contribution >= 4 is 27.5 Å². The normalized spacial score (nSPS) is 16.8. The van der Waals surface area contributed by atoms with Crippen LogP contribution in [0.3, 0.4) is 0 Å². The van der Waals surface area contributed by atoms with E-state index in [4.69, 9.17) is 9.40 Å². The standard InChI is InChI=1S/C18H15N5O2S/c1-10-3-2-4-12-16(10)26-17(22-12)15-14-11(20-8-21-14)5-6-23(15)18(24)13-7-19-9-25-13/h2-4,7-9,15H,5-6H2,1H3,(H,20,21)/t15-/m0/s1. The number of oxazole rings is 1. The number of H-pyrrole nitrogens is 1. The van der Waals surface area contributed by atoms with Crippen LogP contribution >= 0.6 is 11.3 Å². The molecule has 130 valence electrons. The Kier molecular flexibility index (Phi) is 3.39. The molecule has 1 amide bonds. The minimum absolute atomic E-state index is 0.197. The van der Waals surface area contributed by atoms with Crippen LogP contribution in [0.1, 0.15) is 38.6 Å². The predicted octanol–water partition coefficient (Wildman–Crippen LogP) is 3.10. The van der Waals surface area contributed by atoms with Crippen LogP contribution < -0.4 is 0 Å². The van der Waals surface area contributed by atoms with Crippen molar-refractivity contribution < 1.29 is 9.21 Å². The van der Waals surface area contributed by atoms with Crippen molar-refractivity contribution in [3.63, 3.8) is 0 Å². The predicted molar refractivity (Wildman–Crippen MR) is 96.0 cm³/mol. The zero-order valence-corrected chi connectivity index (χ0v) is 14.8. The van der Waals surface area contributed by atoms with E-state index >= 15 is 0 Å². The van der Waals surface area contributed by atoms with Gasteiger partial charge in [0.05, 0.1) is 28.4 Å². The number of aromatic nitrogens is 4. The molecular formula is C18H15N5O2S. The monoisotopic (exact) mass is 365 g/mol. The minimum atomic E-state index is -0.334. The molecule has 0 spiro atoms. The lowest BCUT2D eigenvalue weighted by Gasteiger charge is -2.33. The van der Waals surface area contributed by atoms with Gasteiger partial charge in [0.1, 0.15) is 11.0 Å². The molecule has 1 aromatic carbocycles. The van der Waals surface area contributed by atoms with Crippen molar-refractivity contribution in [2.45, 2.75) is 19.4 Å². The zero-order valence-electron chi connectivity index (χ0n) is 14.0. The number of nitrogens with zero attached hydrogens (tertiary/aromatic N) is 4. The Morgan fingerprint density at radius 2 is 2.35 bits per heavy atom. The lowest BCUT2D eigenvalue weighted by Crippen LogP contribution is -2.40. The van der Waals surface area contributed by atoms with Gasteiger partial charge in [0.25, 0.3) is 5.91 Å². The van der Waals surface area contributed by atoms with Crippen LogP contribution in [-0.2, 0) is 6.42 Å². The maximum atomic E-state index is 13.0. The quantitative estimate of drug-likeness (QED) is 0.590. The molecule has 0 aliphatic carbocycles. The number of carbonyl (C=O) groups excluding carboxylic acids is 1. The van der Waals surface area contributed by atoms with Crippen LogP contribution in [0, 0.1) is 6.92 Å². The average Bonchev–Trinajstić information content (AvgIpc) is 3.39. The van der Waals surface area contributed by atoms with Gasteiger partial charge in [-0.1, -0.05) is 12.1 Å². The van der Waals surface area contributed by atoms with Crippen LogP contribution in [0.25, 0.3) is 10.2 Å². The highest BCUT2D eigenvalue weighted by Gasteiger charge is 2.37. The first-order chi connectivity index (χ1) is 12.7. The lowest BCUT2D eigenvalue weighted by atomic mass is 10.0. The van der Waals surface area contributed by atoms with E-state index in [1.54, 1.807) is 22.6 Å².